The van der Waals surface area contributed by atoms with Gasteiger partial charge in [-0.25, -0.2) is 0 Å². The molecule has 1 radical (unpaired) electrons. The van der Waals surface area contributed by atoms with Crippen molar-refractivity contribution in [2.24, 2.45) is 0 Å². The molecule has 1 aliphatic heterocycles. The number of benzene rings is 1. The quantitative estimate of drug-likeness (QED) is 0.779. The van der Waals surface area contributed by atoms with Gasteiger partial charge in [0.25, 0.3) is 0 Å². The summed E-state index contributed by atoms with van der Waals surface area (Å²) in [7, 11) is -1.75. The Hall–Kier alpha value is -1.00. The first-order valence-corrected chi connectivity index (χ1v) is 9.50. The monoisotopic (exact) mass is 279 g/mol. The third-order valence-corrected chi connectivity index (χ3v) is 8.48. The fourth-order valence-corrected chi connectivity index (χ4v) is 2.68. The fraction of sp³-hybridized carbons (Fsp3) is 0.533. The lowest BCUT2D eigenvalue weighted by atomic mass is 10.1. The Morgan fingerprint density at radius 1 is 1.26 bits per heavy atom. The van der Waals surface area contributed by atoms with Crippen LogP contribution in [0.15, 0.2) is 12.1 Å². The Labute approximate surface area is 117 Å². The standard InChI is InChI=1S/C15H23O3Si/c1-11-7-12(14-13(8-11)16-10-17-14)9-18-19(5,6)15(2,3)4/h7-8H,1,9-10H2,2-6H3. The highest BCUT2D eigenvalue weighted by Crippen LogP contribution is 2.40. The SMILES string of the molecule is [CH2]c1cc(CO[Si](C)(C)C(C)(C)C)c2c(c1)OCO2. The first kappa shape index (κ1) is 14.4. The summed E-state index contributed by atoms with van der Waals surface area (Å²) >= 11 is 0. The van der Waals surface area contributed by atoms with E-state index >= 15 is 0 Å². The molecule has 2 rings (SSSR count). The van der Waals surface area contributed by atoms with E-state index in [9.17, 15) is 0 Å². The summed E-state index contributed by atoms with van der Waals surface area (Å²) in [5, 5.41) is 0.204. The highest BCUT2D eigenvalue weighted by atomic mass is 28.4. The van der Waals surface area contributed by atoms with Gasteiger partial charge in [0.2, 0.25) is 6.79 Å². The minimum Gasteiger partial charge on any atom is -0.454 e. The van der Waals surface area contributed by atoms with Gasteiger partial charge in [0, 0.05) is 5.56 Å². The van der Waals surface area contributed by atoms with E-state index in [2.05, 4.69) is 40.8 Å². The van der Waals surface area contributed by atoms with Crippen LogP contribution in [0.3, 0.4) is 0 Å². The smallest absolute Gasteiger partial charge is 0.231 e. The van der Waals surface area contributed by atoms with Crippen LogP contribution in [0, 0.1) is 6.92 Å². The van der Waals surface area contributed by atoms with Crippen LogP contribution < -0.4 is 9.47 Å². The van der Waals surface area contributed by atoms with Gasteiger partial charge in [-0.1, -0.05) is 20.8 Å². The Morgan fingerprint density at radius 2 is 1.95 bits per heavy atom. The molecule has 0 aliphatic carbocycles. The number of hydrogen-bond donors (Lipinski definition) is 0. The van der Waals surface area contributed by atoms with E-state index in [-0.39, 0.29) is 11.8 Å². The van der Waals surface area contributed by atoms with Gasteiger partial charge in [0.1, 0.15) is 0 Å². The second-order valence-electron chi connectivity index (χ2n) is 6.54. The number of rotatable bonds is 3. The summed E-state index contributed by atoms with van der Waals surface area (Å²) < 4.78 is 17.2. The third kappa shape index (κ3) is 2.95. The molecular weight excluding hydrogens is 256 g/mol. The number of fused-ring (bicyclic) bond motifs is 1. The van der Waals surface area contributed by atoms with Crippen molar-refractivity contribution in [2.75, 3.05) is 6.79 Å². The van der Waals surface area contributed by atoms with E-state index in [4.69, 9.17) is 13.9 Å². The molecule has 1 heterocycles. The minimum absolute atomic E-state index is 0.204. The zero-order chi connectivity index (χ0) is 14.3. The number of ether oxygens (including phenoxy) is 2. The van der Waals surface area contributed by atoms with Crippen LogP contribution in [0.2, 0.25) is 18.1 Å². The van der Waals surface area contributed by atoms with Gasteiger partial charge in [0.15, 0.2) is 19.8 Å². The zero-order valence-electron chi connectivity index (χ0n) is 12.5. The van der Waals surface area contributed by atoms with Crippen molar-refractivity contribution in [3.05, 3.63) is 30.2 Å². The summed E-state index contributed by atoms with van der Waals surface area (Å²) in [6.07, 6.45) is 0. The van der Waals surface area contributed by atoms with E-state index in [0.717, 1.165) is 22.6 Å². The minimum atomic E-state index is -1.75. The van der Waals surface area contributed by atoms with Crippen LogP contribution in [0.5, 0.6) is 11.5 Å². The van der Waals surface area contributed by atoms with Crippen LogP contribution in [0.1, 0.15) is 31.9 Å². The summed E-state index contributed by atoms with van der Waals surface area (Å²) in [6.45, 7) is 16.0. The van der Waals surface area contributed by atoms with Gasteiger partial charge in [-0.05, 0) is 42.8 Å². The largest absolute Gasteiger partial charge is 0.454 e. The van der Waals surface area contributed by atoms with Crippen molar-refractivity contribution in [1.82, 2.24) is 0 Å². The molecule has 0 bridgehead atoms. The topological polar surface area (TPSA) is 27.7 Å². The predicted octanol–water partition coefficient (Wildman–Crippen LogP) is 4.12. The van der Waals surface area contributed by atoms with Gasteiger partial charge in [-0.2, -0.15) is 0 Å². The first-order valence-electron chi connectivity index (χ1n) is 6.59. The van der Waals surface area contributed by atoms with E-state index in [1.54, 1.807) is 0 Å². The lowest BCUT2D eigenvalue weighted by Gasteiger charge is -2.36. The Morgan fingerprint density at radius 3 is 2.58 bits per heavy atom. The van der Waals surface area contributed by atoms with E-state index in [1.165, 1.54) is 0 Å². The fourth-order valence-electron chi connectivity index (χ4n) is 1.73. The molecule has 19 heavy (non-hydrogen) atoms. The molecule has 1 aromatic carbocycles. The van der Waals surface area contributed by atoms with Crippen molar-refractivity contribution >= 4 is 8.32 Å². The van der Waals surface area contributed by atoms with Crippen molar-refractivity contribution in [3.8, 4) is 11.5 Å². The summed E-state index contributed by atoms with van der Waals surface area (Å²) in [4.78, 5) is 0. The molecule has 0 saturated heterocycles. The van der Waals surface area contributed by atoms with E-state index in [0.29, 0.717) is 6.61 Å². The molecule has 1 aromatic rings. The molecule has 0 fully saturated rings. The van der Waals surface area contributed by atoms with Gasteiger partial charge in [-0.15, -0.1) is 0 Å². The molecular formula is C15H23O3Si. The Balaban J connectivity index is 2.17. The third-order valence-electron chi connectivity index (χ3n) is 4.00. The molecule has 3 nitrogen and oxygen atoms in total. The molecule has 0 aromatic heterocycles. The molecule has 105 valence electrons. The molecule has 4 heteroatoms. The molecule has 0 unspecified atom stereocenters. The van der Waals surface area contributed by atoms with E-state index in [1.807, 2.05) is 12.1 Å². The van der Waals surface area contributed by atoms with Crippen molar-refractivity contribution < 1.29 is 13.9 Å². The predicted molar refractivity (Wildman–Crippen MR) is 79.0 cm³/mol. The second-order valence-corrected chi connectivity index (χ2v) is 11.3. The highest BCUT2D eigenvalue weighted by molar-refractivity contribution is 6.74. The summed E-state index contributed by atoms with van der Waals surface area (Å²) in [6, 6.07) is 3.92. The van der Waals surface area contributed by atoms with Gasteiger partial charge in [0.05, 0.1) is 6.61 Å². The zero-order valence-corrected chi connectivity index (χ0v) is 13.5. The molecule has 0 saturated carbocycles. The maximum atomic E-state index is 6.24. The van der Waals surface area contributed by atoms with Gasteiger partial charge in [-0.3, -0.25) is 0 Å². The maximum absolute atomic E-state index is 6.24. The Bertz CT molecular complexity index is 475. The van der Waals surface area contributed by atoms with Gasteiger partial charge >= 0.3 is 0 Å². The second kappa shape index (κ2) is 4.83. The van der Waals surface area contributed by atoms with Crippen LogP contribution in [-0.2, 0) is 11.0 Å². The van der Waals surface area contributed by atoms with Gasteiger partial charge < -0.3 is 13.9 Å². The number of hydrogen-bond acceptors (Lipinski definition) is 3. The van der Waals surface area contributed by atoms with E-state index < -0.39 is 8.32 Å². The molecule has 0 N–H and O–H groups in total. The molecule has 0 amide bonds. The van der Waals surface area contributed by atoms with Crippen molar-refractivity contribution in [3.63, 3.8) is 0 Å². The first-order chi connectivity index (χ1) is 8.71. The van der Waals surface area contributed by atoms with Crippen molar-refractivity contribution in [2.45, 2.75) is 45.5 Å². The normalized spacial score (nSPS) is 14.8. The summed E-state index contributed by atoms with van der Waals surface area (Å²) in [5.74, 6) is 1.59. The lowest BCUT2D eigenvalue weighted by Crippen LogP contribution is -2.40. The molecule has 0 spiro atoms. The summed E-state index contributed by atoms with van der Waals surface area (Å²) in [5.41, 5.74) is 1.96. The van der Waals surface area contributed by atoms with Crippen LogP contribution in [0.4, 0.5) is 0 Å². The average Bonchev–Trinajstić information content (AvgIpc) is 2.72. The molecule has 1 aliphatic rings. The van der Waals surface area contributed by atoms with Crippen LogP contribution in [-0.4, -0.2) is 15.1 Å². The van der Waals surface area contributed by atoms with Crippen LogP contribution >= 0.6 is 0 Å². The maximum Gasteiger partial charge on any atom is 0.231 e. The average molecular weight is 279 g/mol. The lowest BCUT2D eigenvalue weighted by molar-refractivity contribution is 0.171. The Kier molecular flexibility index (Phi) is 3.67. The van der Waals surface area contributed by atoms with Crippen LogP contribution in [0.25, 0.3) is 0 Å². The molecule has 0 atom stereocenters. The van der Waals surface area contributed by atoms with Crippen molar-refractivity contribution in [1.29, 1.82) is 0 Å². The highest BCUT2D eigenvalue weighted by Gasteiger charge is 2.37.